The quantitative estimate of drug-likeness (QED) is 0.562. The first kappa shape index (κ1) is 14.2. The van der Waals surface area contributed by atoms with Gasteiger partial charge in [-0.25, -0.2) is 0 Å². The van der Waals surface area contributed by atoms with Crippen molar-refractivity contribution in [2.45, 2.75) is 59.8 Å². The van der Waals surface area contributed by atoms with Gasteiger partial charge in [0.15, 0.2) is 5.78 Å². The first-order chi connectivity index (χ1) is 7.84. The van der Waals surface area contributed by atoms with E-state index >= 15 is 0 Å². The number of esters is 1. The van der Waals surface area contributed by atoms with Crippen molar-refractivity contribution in [1.29, 1.82) is 0 Å². The summed E-state index contributed by atoms with van der Waals surface area (Å²) in [6.45, 7) is 7.77. The summed E-state index contributed by atoms with van der Waals surface area (Å²) in [5, 5.41) is 0. The Labute approximate surface area is 104 Å². The molecule has 1 aliphatic rings. The van der Waals surface area contributed by atoms with E-state index in [1.54, 1.807) is 6.92 Å². The van der Waals surface area contributed by atoms with Gasteiger partial charge in [0, 0.05) is 5.41 Å². The summed E-state index contributed by atoms with van der Waals surface area (Å²) in [5.41, 5.74) is -1.35. The largest absolute Gasteiger partial charge is 0.465 e. The lowest BCUT2D eigenvalue weighted by Crippen LogP contribution is -2.47. The first-order valence-corrected chi connectivity index (χ1v) is 6.57. The molecule has 0 amide bonds. The van der Waals surface area contributed by atoms with Gasteiger partial charge in [0.1, 0.15) is 5.41 Å². The molecule has 0 radical (unpaired) electrons. The molecular weight excluding hydrogens is 216 g/mol. The molecule has 0 atom stereocenters. The van der Waals surface area contributed by atoms with E-state index in [4.69, 9.17) is 4.74 Å². The number of Topliss-reactive ketones (excluding diaryl/α,β-unsaturated/α-hetero) is 1. The standard InChI is InChI=1S/C14H24O3/c1-5-17-12(16)14(9-7-6-8-10-14)11(15)13(2,3)4/h5-10H2,1-4H3. The van der Waals surface area contributed by atoms with Crippen LogP contribution in [0.2, 0.25) is 0 Å². The number of rotatable bonds is 3. The Balaban J connectivity index is 3.01. The van der Waals surface area contributed by atoms with Crippen molar-refractivity contribution < 1.29 is 14.3 Å². The highest BCUT2D eigenvalue weighted by Gasteiger charge is 2.50. The first-order valence-electron chi connectivity index (χ1n) is 6.57. The van der Waals surface area contributed by atoms with Gasteiger partial charge in [0.2, 0.25) is 0 Å². The Kier molecular flexibility index (Phi) is 4.34. The van der Waals surface area contributed by atoms with Crippen molar-refractivity contribution in [2.75, 3.05) is 6.61 Å². The van der Waals surface area contributed by atoms with Gasteiger partial charge >= 0.3 is 5.97 Å². The van der Waals surface area contributed by atoms with Crippen molar-refractivity contribution in [2.24, 2.45) is 10.8 Å². The maximum absolute atomic E-state index is 12.6. The van der Waals surface area contributed by atoms with Crippen molar-refractivity contribution in [3.63, 3.8) is 0 Å². The van der Waals surface area contributed by atoms with Gasteiger partial charge in [-0.3, -0.25) is 9.59 Å². The molecule has 0 aromatic heterocycles. The van der Waals surface area contributed by atoms with Crippen LogP contribution in [0.3, 0.4) is 0 Å². The fourth-order valence-corrected chi connectivity index (χ4v) is 2.67. The average Bonchev–Trinajstić information content (AvgIpc) is 2.28. The van der Waals surface area contributed by atoms with Crippen LogP contribution in [0.5, 0.6) is 0 Å². The van der Waals surface area contributed by atoms with Gasteiger partial charge in [-0.2, -0.15) is 0 Å². The Morgan fingerprint density at radius 2 is 1.65 bits per heavy atom. The predicted octanol–water partition coefficient (Wildman–Crippen LogP) is 3.12. The second-order valence-electron chi connectivity index (χ2n) is 5.94. The Hall–Kier alpha value is -0.860. The lowest BCUT2D eigenvalue weighted by atomic mass is 9.65. The van der Waals surface area contributed by atoms with E-state index in [1.807, 2.05) is 20.8 Å². The summed E-state index contributed by atoms with van der Waals surface area (Å²) in [6.07, 6.45) is 4.31. The van der Waals surface area contributed by atoms with Crippen LogP contribution in [0.15, 0.2) is 0 Å². The third-order valence-electron chi connectivity index (χ3n) is 3.49. The molecule has 0 N–H and O–H groups in total. The molecule has 0 bridgehead atoms. The van der Waals surface area contributed by atoms with E-state index in [2.05, 4.69) is 0 Å². The van der Waals surface area contributed by atoms with Crippen LogP contribution >= 0.6 is 0 Å². The highest BCUT2D eigenvalue weighted by Crippen LogP contribution is 2.43. The van der Waals surface area contributed by atoms with E-state index in [0.717, 1.165) is 19.3 Å². The second-order valence-corrected chi connectivity index (χ2v) is 5.94. The fourth-order valence-electron chi connectivity index (χ4n) is 2.67. The zero-order valence-corrected chi connectivity index (χ0v) is 11.5. The topological polar surface area (TPSA) is 43.4 Å². The van der Waals surface area contributed by atoms with Gasteiger partial charge in [-0.1, -0.05) is 40.0 Å². The smallest absolute Gasteiger partial charge is 0.319 e. The number of carbonyl (C=O) groups is 2. The van der Waals surface area contributed by atoms with Crippen molar-refractivity contribution >= 4 is 11.8 Å². The molecule has 0 aromatic rings. The van der Waals surface area contributed by atoms with Gasteiger partial charge in [0.25, 0.3) is 0 Å². The molecule has 1 aliphatic carbocycles. The van der Waals surface area contributed by atoms with Crippen molar-refractivity contribution in [3.8, 4) is 0 Å². The zero-order chi connectivity index (χ0) is 13.1. The molecule has 1 fully saturated rings. The summed E-state index contributed by atoms with van der Waals surface area (Å²) >= 11 is 0. The molecule has 3 nitrogen and oxygen atoms in total. The minimum absolute atomic E-state index is 0.0446. The monoisotopic (exact) mass is 240 g/mol. The van der Waals surface area contributed by atoms with Gasteiger partial charge in [-0.05, 0) is 19.8 Å². The van der Waals surface area contributed by atoms with Crippen molar-refractivity contribution in [1.82, 2.24) is 0 Å². The molecular formula is C14H24O3. The Morgan fingerprint density at radius 1 is 1.12 bits per heavy atom. The molecule has 0 spiro atoms. The van der Waals surface area contributed by atoms with E-state index in [0.29, 0.717) is 19.4 Å². The summed E-state index contributed by atoms with van der Waals surface area (Å²) in [6, 6.07) is 0. The minimum atomic E-state index is -0.869. The molecule has 1 rings (SSSR count). The molecule has 0 heterocycles. The summed E-state index contributed by atoms with van der Waals surface area (Å²) in [4.78, 5) is 24.7. The molecule has 0 aliphatic heterocycles. The van der Waals surface area contributed by atoms with Crippen molar-refractivity contribution in [3.05, 3.63) is 0 Å². The third-order valence-corrected chi connectivity index (χ3v) is 3.49. The van der Waals surface area contributed by atoms with Gasteiger partial charge in [-0.15, -0.1) is 0 Å². The van der Waals surface area contributed by atoms with Crippen LogP contribution < -0.4 is 0 Å². The number of hydrogen-bond donors (Lipinski definition) is 0. The molecule has 1 saturated carbocycles. The van der Waals surface area contributed by atoms with Gasteiger partial charge < -0.3 is 4.74 Å². The van der Waals surface area contributed by atoms with Crippen LogP contribution in [0.4, 0.5) is 0 Å². The van der Waals surface area contributed by atoms with Crippen LogP contribution in [0.25, 0.3) is 0 Å². The Bertz CT molecular complexity index is 293. The summed E-state index contributed by atoms with van der Waals surface area (Å²) in [5.74, 6) is -0.261. The molecule has 0 saturated heterocycles. The van der Waals surface area contributed by atoms with Crippen LogP contribution in [0.1, 0.15) is 59.8 Å². The average molecular weight is 240 g/mol. The number of ketones is 1. The fraction of sp³-hybridized carbons (Fsp3) is 0.857. The normalized spacial score (nSPS) is 19.8. The predicted molar refractivity (Wildman–Crippen MR) is 66.6 cm³/mol. The number of carbonyl (C=O) groups excluding carboxylic acids is 2. The molecule has 98 valence electrons. The van der Waals surface area contributed by atoms with E-state index in [-0.39, 0.29) is 11.8 Å². The molecule has 17 heavy (non-hydrogen) atoms. The SMILES string of the molecule is CCOC(=O)C1(C(=O)C(C)(C)C)CCCCC1. The summed E-state index contributed by atoms with van der Waals surface area (Å²) < 4.78 is 5.14. The zero-order valence-electron chi connectivity index (χ0n) is 11.5. The molecule has 3 heteroatoms. The maximum atomic E-state index is 12.6. The second kappa shape index (κ2) is 5.19. The number of ether oxygens (including phenoxy) is 1. The Morgan fingerprint density at radius 3 is 2.06 bits per heavy atom. The number of hydrogen-bond acceptors (Lipinski definition) is 3. The van der Waals surface area contributed by atoms with Crippen LogP contribution in [0, 0.1) is 10.8 Å². The minimum Gasteiger partial charge on any atom is -0.465 e. The van der Waals surface area contributed by atoms with Gasteiger partial charge in [0.05, 0.1) is 6.61 Å². The highest BCUT2D eigenvalue weighted by molar-refractivity contribution is 6.06. The van der Waals surface area contributed by atoms with E-state index in [1.165, 1.54) is 0 Å². The van der Waals surface area contributed by atoms with E-state index < -0.39 is 10.8 Å². The molecule has 0 unspecified atom stereocenters. The third kappa shape index (κ3) is 2.88. The summed E-state index contributed by atoms with van der Waals surface area (Å²) in [7, 11) is 0. The lowest BCUT2D eigenvalue weighted by molar-refractivity contribution is -0.165. The highest BCUT2D eigenvalue weighted by atomic mass is 16.5. The maximum Gasteiger partial charge on any atom is 0.319 e. The molecule has 0 aromatic carbocycles. The van der Waals surface area contributed by atoms with E-state index in [9.17, 15) is 9.59 Å². The van der Waals surface area contributed by atoms with Crippen LogP contribution in [-0.2, 0) is 14.3 Å². The lowest BCUT2D eigenvalue weighted by Gasteiger charge is -2.37. The van der Waals surface area contributed by atoms with Crippen LogP contribution in [-0.4, -0.2) is 18.4 Å².